The molecule has 2 aromatic carbocycles. The minimum Gasteiger partial charge on any atom is -0.253 e. The molecular formula is C20H19ClN4. The van der Waals surface area contributed by atoms with Gasteiger partial charge in [0.15, 0.2) is 0 Å². The van der Waals surface area contributed by atoms with E-state index in [9.17, 15) is 5.26 Å². The van der Waals surface area contributed by atoms with Crippen LogP contribution in [0.15, 0.2) is 67.3 Å². The lowest BCUT2D eigenvalue weighted by molar-refractivity contribution is 0.414. The number of aryl methyl sites for hydroxylation is 2. The van der Waals surface area contributed by atoms with Crippen molar-refractivity contribution in [2.45, 2.75) is 31.2 Å². The summed E-state index contributed by atoms with van der Waals surface area (Å²) in [4.78, 5) is 3.98. The van der Waals surface area contributed by atoms with Gasteiger partial charge in [-0.05, 0) is 42.5 Å². The van der Waals surface area contributed by atoms with Gasteiger partial charge in [0, 0.05) is 11.6 Å². The summed E-state index contributed by atoms with van der Waals surface area (Å²) in [5, 5.41) is 14.9. The molecule has 0 N–H and O–H groups in total. The molecule has 1 atom stereocenters. The number of rotatable bonds is 7. The van der Waals surface area contributed by atoms with Gasteiger partial charge >= 0.3 is 0 Å². The number of nitriles is 1. The van der Waals surface area contributed by atoms with Gasteiger partial charge < -0.3 is 0 Å². The van der Waals surface area contributed by atoms with Crippen molar-refractivity contribution < 1.29 is 0 Å². The lowest BCUT2D eigenvalue weighted by Crippen LogP contribution is -2.27. The van der Waals surface area contributed by atoms with Crippen molar-refractivity contribution in [2.75, 3.05) is 0 Å². The van der Waals surface area contributed by atoms with Gasteiger partial charge in [0.05, 0.1) is 11.5 Å². The lowest BCUT2D eigenvalue weighted by Gasteiger charge is -2.27. The zero-order valence-corrected chi connectivity index (χ0v) is 14.6. The predicted molar refractivity (Wildman–Crippen MR) is 98.1 cm³/mol. The largest absolute Gasteiger partial charge is 0.253 e. The Kier molecular flexibility index (Phi) is 5.47. The standard InChI is InChI=1S/C20H19ClN4/c21-19-8-6-17(7-9-19)10-11-20(14-22,18-4-2-1-3-5-18)12-13-25-16-23-15-24-25/h1-9,15-16H,10-13H2. The first-order valence-electron chi connectivity index (χ1n) is 8.25. The molecule has 0 aliphatic heterocycles. The van der Waals surface area contributed by atoms with Crippen LogP contribution in [0.2, 0.25) is 5.02 Å². The number of hydrogen-bond donors (Lipinski definition) is 0. The Morgan fingerprint density at radius 1 is 1.04 bits per heavy atom. The van der Waals surface area contributed by atoms with E-state index in [4.69, 9.17) is 11.6 Å². The predicted octanol–water partition coefficient (Wildman–Crippen LogP) is 4.42. The van der Waals surface area contributed by atoms with Gasteiger partial charge in [0.25, 0.3) is 0 Å². The summed E-state index contributed by atoms with van der Waals surface area (Å²) in [6, 6.07) is 20.4. The Balaban J connectivity index is 1.82. The first-order valence-corrected chi connectivity index (χ1v) is 8.63. The van der Waals surface area contributed by atoms with E-state index in [0.717, 1.165) is 23.4 Å². The first kappa shape index (κ1) is 17.2. The molecule has 3 aromatic rings. The molecule has 1 unspecified atom stereocenters. The van der Waals surface area contributed by atoms with E-state index in [-0.39, 0.29) is 0 Å². The number of aromatic nitrogens is 3. The van der Waals surface area contributed by atoms with E-state index in [1.54, 1.807) is 11.0 Å². The van der Waals surface area contributed by atoms with E-state index in [1.807, 2.05) is 54.6 Å². The molecule has 0 aliphatic carbocycles. The van der Waals surface area contributed by atoms with Crippen molar-refractivity contribution >= 4 is 11.6 Å². The quantitative estimate of drug-likeness (QED) is 0.634. The summed E-state index contributed by atoms with van der Waals surface area (Å²) >= 11 is 5.96. The molecule has 0 amide bonds. The van der Waals surface area contributed by atoms with Crippen LogP contribution in [0.25, 0.3) is 0 Å². The summed E-state index contributed by atoms with van der Waals surface area (Å²) in [7, 11) is 0. The Morgan fingerprint density at radius 2 is 1.80 bits per heavy atom. The maximum atomic E-state index is 10.1. The molecule has 4 nitrogen and oxygen atoms in total. The van der Waals surface area contributed by atoms with Crippen molar-refractivity contribution in [1.82, 2.24) is 14.8 Å². The van der Waals surface area contributed by atoms with Crippen molar-refractivity contribution in [3.05, 3.63) is 83.4 Å². The molecule has 0 fully saturated rings. The Hall–Kier alpha value is -2.64. The van der Waals surface area contributed by atoms with Gasteiger partial charge in [-0.3, -0.25) is 4.68 Å². The summed E-state index contributed by atoms with van der Waals surface area (Å²) in [6.07, 6.45) is 5.45. The van der Waals surface area contributed by atoms with Crippen molar-refractivity contribution in [2.24, 2.45) is 0 Å². The van der Waals surface area contributed by atoms with Gasteiger partial charge in [-0.25, -0.2) is 4.98 Å². The van der Waals surface area contributed by atoms with Crippen molar-refractivity contribution in [1.29, 1.82) is 5.26 Å². The van der Waals surface area contributed by atoms with Gasteiger partial charge in [-0.1, -0.05) is 54.1 Å². The molecule has 0 aliphatic rings. The average molecular weight is 351 g/mol. The number of halogens is 1. The highest BCUT2D eigenvalue weighted by molar-refractivity contribution is 6.30. The average Bonchev–Trinajstić information content (AvgIpc) is 3.18. The minimum atomic E-state index is -0.563. The molecule has 5 heteroatoms. The Bertz CT molecular complexity index is 822. The molecule has 126 valence electrons. The second kappa shape index (κ2) is 7.96. The van der Waals surface area contributed by atoms with Crippen LogP contribution in [-0.2, 0) is 18.4 Å². The number of benzene rings is 2. The molecule has 25 heavy (non-hydrogen) atoms. The SMILES string of the molecule is N#CC(CCc1ccc(Cl)cc1)(CCn1cncn1)c1ccccc1. The smallest absolute Gasteiger partial charge is 0.137 e. The van der Waals surface area contributed by atoms with Crippen LogP contribution in [0, 0.1) is 11.3 Å². The second-order valence-electron chi connectivity index (χ2n) is 6.09. The van der Waals surface area contributed by atoms with Gasteiger partial charge in [0.2, 0.25) is 0 Å². The fourth-order valence-corrected chi connectivity index (χ4v) is 3.14. The van der Waals surface area contributed by atoms with E-state index >= 15 is 0 Å². The highest BCUT2D eigenvalue weighted by Crippen LogP contribution is 2.33. The fourth-order valence-electron chi connectivity index (χ4n) is 3.01. The zero-order chi connectivity index (χ0) is 17.5. The zero-order valence-electron chi connectivity index (χ0n) is 13.8. The van der Waals surface area contributed by atoms with Gasteiger partial charge in [0.1, 0.15) is 12.7 Å². The monoisotopic (exact) mass is 350 g/mol. The molecule has 0 bridgehead atoms. The Morgan fingerprint density at radius 3 is 2.44 bits per heavy atom. The van der Waals surface area contributed by atoms with Crippen molar-refractivity contribution in [3.8, 4) is 6.07 Å². The van der Waals surface area contributed by atoms with Crippen LogP contribution in [0.3, 0.4) is 0 Å². The molecule has 3 rings (SSSR count). The summed E-state index contributed by atoms with van der Waals surface area (Å²) in [5.74, 6) is 0. The van der Waals surface area contributed by atoms with E-state index in [2.05, 4.69) is 16.2 Å². The minimum absolute atomic E-state index is 0.563. The highest BCUT2D eigenvalue weighted by atomic mass is 35.5. The van der Waals surface area contributed by atoms with Crippen molar-refractivity contribution in [3.63, 3.8) is 0 Å². The molecule has 0 spiro atoms. The van der Waals surface area contributed by atoms with Crippen LogP contribution < -0.4 is 0 Å². The van der Waals surface area contributed by atoms with E-state index in [0.29, 0.717) is 13.0 Å². The third-order valence-corrected chi connectivity index (χ3v) is 4.78. The summed E-state index contributed by atoms with van der Waals surface area (Å²) in [5.41, 5.74) is 1.67. The number of hydrogen-bond acceptors (Lipinski definition) is 3. The maximum Gasteiger partial charge on any atom is 0.137 e. The third-order valence-electron chi connectivity index (χ3n) is 4.53. The molecule has 1 aromatic heterocycles. The van der Waals surface area contributed by atoms with Crippen LogP contribution in [0.5, 0.6) is 0 Å². The second-order valence-corrected chi connectivity index (χ2v) is 6.53. The third kappa shape index (κ3) is 4.26. The van der Waals surface area contributed by atoms with Crippen LogP contribution in [0.4, 0.5) is 0 Å². The van der Waals surface area contributed by atoms with Crippen LogP contribution >= 0.6 is 11.6 Å². The number of nitrogens with zero attached hydrogens (tertiary/aromatic N) is 4. The highest BCUT2D eigenvalue weighted by Gasteiger charge is 2.32. The maximum absolute atomic E-state index is 10.1. The fraction of sp³-hybridized carbons (Fsp3) is 0.250. The Labute approximate surface area is 152 Å². The van der Waals surface area contributed by atoms with E-state index in [1.165, 1.54) is 11.9 Å². The topological polar surface area (TPSA) is 54.5 Å². The molecule has 1 heterocycles. The van der Waals surface area contributed by atoms with E-state index < -0.39 is 5.41 Å². The van der Waals surface area contributed by atoms with Gasteiger partial charge in [-0.2, -0.15) is 10.4 Å². The summed E-state index contributed by atoms with van der Waals surface area (Å²) in [6.45, 7) is 0.656. The lowest BCUT2D eigenvalue weighted by atomic mass is 9.74. The molecular weight excluding hydrogens is 332 g/mol. The van der Waals surface area contributed by atoms with Gasteiger partial charge in [-0.15, -0.1) is 0 Å². The van der Waals surface area contributed by atoms with Crippen LogP contribution in [0.1, 0.15) is 24.0 Å². The normalized spacial score (nSPS) is 13.1. The first-order chi connectivity index (χ1) is 12.2. The molecule has 0 saturated heterocycles. The molecule has 0 radical (unpaired) electrons. The molecule has 0 saturated carbocycles. The van der Waals surface area contributed by atoms with Crippen LogP contribution in [-0.4, -0.2) is 14.8 Å². The summed E-state index contributed by atoms with van der Waals surface area (Å²) < 4.78 is 1.78.